The number of nitrogens with zero attached hydrogens (tertiary/aromatic N) is 1. The van der Waals surface area contributed by atoms with Crippen LogP contribution in [0, 0.1) is 10.1 Å². The Morgan fingerprint density at radius 2 is 1.73 bits per heavy atom. The van der Waals surface area contributed by atoms with Crippen molar-refractivity contribution in [2.45, 2.75) is 16.3 Å². The molecule has 0 bridgehead atoms. The number of hydrogen-bond acceptors (Lipinski definition) is 7. The molecule has 0 heterocycles. The summed E-state index contributed by atoms with van der Waals surface area (Å²) in [6.07, 6.45) is 1.98. The molecule has 0 saturated carbocycles. The minimum atomic E-state index is -4.08. The summed E-state index contributed by atoms with van der Waals surface area (Å²) in [7, 11) is -2.76. The molecule has 33 heavy (non-hydrogen) atoms. The highest BCUT2D eigenvalue weighted by molar-refractivity contribution is 7.98. The van der Waals surface area contributed by atoms with Crippen molar-refractivity contribution >= 4 is 39.1 Å². The second-order valence-corrected chi connectivity index (χ2v) is 9.36. The van der Waals surface area contributed by atoms with E-state index in [0.29, 0.717) is 12.1 Å². The van der Waals surface area contributed by atoms with E-state index in [1.807, 2.05) is 30.5 Å². The number of amides is 1. The third-order valence-electron chi connectivity index (χ3n) is 4.68. The first-order chi connectivity index (χ1) is 15.7. The number of rotatable bonds is 9. The second kappa shape index (κ2) is 10.4. The molecule has 9 nitrogen and oxygen atoms in total. The first kappa shape index (κ1) is 24.1. The number of carbonyl (C=O) groups is 1. The van der Waals surface area contributed by atoms with E-state index in [9.17, 15) is 23.3 Å². The Morgan fingerprint density at radius 3 is 2.30 bits per heavy atom. The lowest BCUT2D eigenvalue weighted by atomic mass is 10.2. The maximum absolute atomic E-state index is 12.8. The zero-order chi connectivity index (χ0) is 24.0. The topological polar surface area (TPSA) is 128 Å². The lowest BCUT2D eigenvalue weighted by Crippen LogP contribution is -2.23. The Kier molecular flexibility index (Phi) is 7.56. The average molecular weight is 488 g/mol. The highest BCUT2D eigenvalue weighted by Crippen LogP contribution is 2.30. The van der Waals surface area contributed by atoms with Gasteiger partial charge < -0.3 is 10.1 Å². The van der Waals surface area contributed by atoms with Gasteiger partial charge in [-0.1, -0.05) is 12.1 Å². The van der Waals surface area contributed by atoms with Crippen LogP contribution in [0.5, 0.6) is 5.75 Å². The molecular weight excluding hydrogens is 466 g/mol. The standard InChI is InChI=1S/C22H21N3O6S2/c1-31-21-12-7-17(25(27)28)13-20(21)24-33(29,30)19-10-5-16(6-11-19)22(26)23-14-15-3-8-18(32-2)9-4-15/h3-13,24H,14H2,1-2H3,(H,23,26). The summed E-state index contributed by atoms with van der Waals surface area (Å²) in [6, 6.07) is 16.7. The van der Waals surface area contributed by atoms with Crippen LogP contribution in [-0.4, -0.2) is 32.6 Å². The molecule has 0 radical (unpaired) electrons. The van der Waals surface area contributed by atoms with Gasteiger partial charge in [0.15, 0.2) is 0 Å². The molecule has 0 unspecified atom stereocenters. The largest absolute Gasteiger partial charge is 0.495 e. The highest BCUT2D eigenvalue weighted by Gasteiger charge is 2.20. The number of methoxy groups -OCH3 is 1. The highest BCUT2D eigenvalue weighted by atomic mass is 32.2. The van der Waals surface area contributed by atoms with Crippen LogP contribution in [-0.2, 0) is 16.6 Å². The van der Waals surface area contributed by atoms with Crippen LogP contribution in [0.2, 0.25) is 0 Å². The number of carbonyl (C=O) groups excluding carboxylic acids is 1. The quantitative estimate of drug-likeness (QED) is 0.265. The number of ether oxygens (including phenoxy) is 1. The number of sulfonamides is 1. The van der Waals surface area contributed by atoms with Crippen LogP contribution in [0.1, 0.15) is 15.9 Å². The number of benzene rings is 3. The Hall–Kier alpha value is -3.57. The lowest BCUT2D eigenvalue weighted by Gasteiger charge is -2.12. The molecule has 172 valence electrons. The number of thioether (sulfide) groups is 1. The van der Waals surface area contributed by atoms with E-state index in [0.717, 1.165) is 16.5 Å². The van der Waals surface area contributed by atoms with Crippen LogP contribution in [0.4, 0.5) is 11.4 Å². The van der Waals surface area contributed by atoms with Crippen LogP contribution in [0.15, 0.2) is 76.5 Å². The van der Waals surface area contributed by atoms with Crippen LogP contribution in [0.3, 0.4) is 0 Å². The van der Waals surface area contributed by atoms with Gasteiger partial charge in [-0.25, -0.2) is 8.42 Å². The fourth-order valence-corrected chi connectivity index (χ4v) is 4.38. The zero-order valence-corrected chi connectivity index (χ0v) is 19.4. The summed E-state index contributed by atoms with van der Waals surface area (Å²) < 4.78 is 32.9. The molecule has 0 aliphatic rings. The van der Waals surface area contributed by atoms with Crippen molar-refractivity contribution in [3.63, 3.8) is 0 Å². The smallest absolute Gasteiger partial charge is 0.271 e. The van der Waals surface area contributed by atoms with E-state index in [1.54, 1.807) is 11.8 Å². The molecule has 0 aromatic heterocycles. The molecule has 0 aliphatic carbocycles. The van der Waals surface area contributed by atoms with Crippen LogP contribution in [0.25, 0.3) is 0 Å². The SMILES string of the molecule is COc1ccc([N+](=O)[O-])cc1NS(=O)(=O)c1ccc(C(=O)NCc2ccc(SC)cc2)cc1. The minimum absolute atomic E-state index is 0.0685. The molecule has 2 N–H and O–H groups in total. The third kappa shape index (κ3) is 6.02. The van der Waals surface area contributed by atoms with Crippen LogP contribution >= 0.6 is 11.8 Å². The van der Waals surface area contributed by atoms with E-state index in [2.05, 4.69) is 10.0 Å². The second-order valence-electron chi connectivity index (χ2n) is 6.80. The third-order valence-corrected chi connectivity index (χ3v) is 6.80. The van der Waals surface area contributed by atoms with Gasteiger partial charge >= 0.3 is 0 Å². The van der Waals surface area contributed by atoms with Gasteiger partial charge in [-0.2, -0.15) is 0 Å². The molecule has 1 amide bonds. The fourth-order valence-electron chi connectivity index (χ4n) is 2.91. The molecular formula is C22H21N3O6S2. The summed E-state index contributed by atoms with van der Waals surface area (Å²) in [6.45, 7) is 0.335. The summed E-state index contributed by atoms with van der Waals surface area (Å²) in [5.41, 5.74) is 0.877. The van der Waals surface area contributed by atoms with E-state index in [4.69, 9.17) is 4.74 Å². The summed E-state index contributed by atoms with van der Waals surface area (Å²) >= 11 is 1.63. The van der Waals surface area contributed by atoms with Gasteiger partial charge in [-0.05, 0) is 54.3 Å². The van der Waals surface area contributed by atoms with Gasteiger partial charge in [0.25, 0.3) is 21.6 Å². The van der Waals surface area contributed by atoms with Crippen molar-refractivity contribution in [3.8, 4) is 5.75 Å². The summed E-state index contributed by atoms with van der Waals surface area (Å²) in [5.74, 6) is -0.216. The van der Waals surface area contributed by atoms with Crippen molar-refractivity contribution in [1.82, 2.24) is 5.32 Å². The van der Waals surface area contributed by atoms with E-state index in [1.165, 1.54) is 43.5 Å². The first-order valence-electron chi connectivity index (χ1n) is 9.60. The van der Waals surface area contributed by atoms with Crippen molar-refractivity contribution < 1.29 is 22.9 Å². The summed E-state index contributed by atoms with van der Waals surface area (Å²) in [4.78, 5) is 23.8. The van der Waals surface area contributed by atoms with Gasteiger partial charge in [0.05, 0.1) is 22.6 Å². The molecule has 3 aromatic rings. The predicted molar refractivity (Wildman–Crippen MR) is 126 cm³/mol. The molecule has 0 fully saturated rings. The molecule has 0 atom stereocenters. The number of nitrogens with one attached hydrogen (secondary N) is 2. The van der Waals surface area contributed by atoms with Gasteiger partial charge in [0.2, 0.25) is 0 Å². The van der Waals surface area contributed by atoms with Crippen LogP contribution < -0.4 is 14.8 Å². The number of non-ortho nitro benzene ring substituents is 1. The molecule has 11 heteroatoms. The van der Waals surface area contributed by atoms with Crippen molar-refractivity contribution in [2.75, 3.05) is 18.1 Å². The lowest BCUT2D eigenvalue weighted by molar-refractivity contribution is -0.384. The first-order valence-corrected chi connectivity index (χ1v) is 12.3. The Labute approximate surface area is 195 Å². The molecule has 3 rings (SSSR count). The van der Waals surface area contributed by atoms with E-state index >= 15 is 0 Å². The van der Waals surface area contributed by atoms with Crippen molar-refractivity contribution in [2.24, 2.45) is 0 Å². The monoisotopic (exact) mass is 487 g/mol. The van der Waals surface area contributed by atoms with E-state index < -0.39 is 14.9 Å². The van der Waals surface area contributed by atoms with Gasteiger partial charge in [0.1, 0.15) is 5.75 Å². The Bertz CT molecular complexity index is 1260. The minimum Gasteiger partial charge on any atom is -0.495 e. The number of hydrogen-bond donors (Lipinski definition) is 2. The predicted octanol–water partition coefficient (Wildman–Crippen LogP) is 4.06. The number of anilines is 1. The Morgan fingerprint density at radius 1 is 1.06 bits per heavy atom. The van der Waals surface area contributed by atoms with Gasteiger partial charge in [0, 0.05) is 29.1 Å². The van der Waals surface area contributed by atoms with E-state index in [-0.39, 0.29) is 27.9 Å². The number of nitro benzene ring substituents is 1. The normalized spacial score (nSPS) is 11.0. The maximum Gasteiger partial charge on any atom is 0.271 e. The molecule has 0 saturated heterocycles. The van der Waals surface area contributed by atoms with Gasteiger partial charge in [-0.15, -0.1) is 11.8 Å². The maximum atomic E-state index is 12.8. The van der Waals surface area contributed by atoms with Gasteiger partial charge in [-0.3, -0.25) is 19.6 Å². The van der Waals surface area contributed by atoms with Crippen molar-refractivity contribution in [3.05, 3.63) is 88.0 Å². The fraction of sp³-hybridized carbons (Fsp3) is 0.136. The summed E-state index contributed by atoms with van der Waals surface area (Å²) in [5, 5.41) is 13.8. The van der Waals surface area contributed by atoms with Crippen molar-refractivity contribution in [1.29, 1.82) is 0 Å². The average Bonchev–Trinajstić information content (AvgIpc) is 2.82. The molecule has 3 aromatic carbocycles. The Balaban J connectivity index is 1.71. The zero-order valence-electron chi connectivity index (χ0n) is 17.8. The molecule has 0 aliphatic heterocycles. The molecule has 0 spiro atoms. The number of nitro groups is 1.